The minimum absolute atomic E-state index is 0.0593. The summed E-state index contributed by atoms with van der Waals surface area (Å²) in [5.41, 5.74) is 0.478. The van der Waals surface area contributed by atoms with Gasteiger partial charge in [-0.2, -0.15) is 0 Å². The predicted molar refractivity (Wildman–Crippen MR) is 88.9 cm³/mol. The standard InChI is InChI=1S/C17H18FNO4S/c1-11(2)23-17(20)14-6-4-5-7-15(14)19-24(21,22)16-9-8-13(18)10-12(16)3/h4-11,19H,1-3H3. The fourth-order valence-corrected chi connectivity index (χ4v) is 3.45. The van der Waals surface area contributed by atoms with Crippen molar-refractivity contribution in [3.05, 3.63) is 59.4 Å². The zero-order chi connectivity index (χ0) is 17.9. The van der Waals surface area contributed by atoms with E-state index in [1.165, 1.54) is 25.1 Å². The summed E-state index contributed by atoms with van der Waals surface area (Å²) in [4.78, 5) is 12.0. The molecule has 0 aliphatic carbocycles. The third-order valence-corrected chi connectivity index (χ3v) is 4.69. The molecule has 0 atom stereocenters. The molecular weight excluding hydrogens is 333 g/mol. The molecule has 0 aliphatic rings. The highest BCUT2D eigenvalue weighted by Crippen LogP contribution is 2.23. The molecule has 1 N–H and O–H groups in total. The number of ether oxygens (including phenoxy) is 1. The number of anilines is 1. The van der Waals surface area contributed by atoms with Gasteiger partial charge in [-0.1, -0.05) is 12.1 Å². The van der Waals surface area contributed by atoms with Crippen LogP contribution in [0.15, 0.2) is 47.4 Å². The summed E-state index contributed by atoms with van der Waals surface area (Å²) in [5.74, 6) is -1.15. The third-order valence-electron chi connectivity index (χ3n) is 3.16. The van der Waals surface area contributed by atoms with Crippen LogP contribution < -0.4 is 4.72 Å². The molecule has 0 spiro atoms. The van der Waals surface area contributed by atoms with Crippen molar-refractivity contribution in [3.63, 3.8) is 0 Å². The second-order valence-corrected chi connectivity index (χ2v) is 7.17. The number of hydrogen-bond acceptors (Lipinski definition) is 4. The highest BCUT2D eigenvalue weighted by molar-refractivity contribution is 7.92. The monoisotopic (exact) mass is 351 g/mol. The zero-order valence-corrected chi connectivity index (χ0v) is 14.4. The fourth-order valence-electron chi connectivity index (χ4n) is 2.14. The van der Waals surface area contributed by atoms with Gasteiger partial charge in [0, 0.05) is 0 Å². The number of halogens is 1. The minimum Gasteiger partial charge on any atom is -0.459 e. The quantitative estimate of drug-likeness (QED) is 0.837. The van der Waals surface area contributed by atoms with Crippen LogP contribution in [0.4, 0.5) is 10.1 Å². The first kappa shape index (κ1) is 17.9. The lowest BCUT2D eigenvalue weighted by Gasteiger charge is -2.14. The summed E-state index contributed by atoms with van der Waals surface area (Å²) in [6.07, 6.45) is -0.332. The van der Waals surface area contributed by atoms with E-state index in [0.29, 0.717) is 0 Å². The lowest BCUT2D eigenvalue weighted by molar-refractivity contribution is 0.0379. The van der Waals surface area contributed by atoms with Crippen molar-refractivity contribution in [1.29, 1.82) is 0 Å². The summed E-state index contributed by atoms with van der Waals surface area (Å²) >= 11 is 0. The molecule has 2 aromatic rings. The maximum Gasteiger partial charge on any atom is 0.340 e. The zero-order valence-electron chi connectivity index (χ0n) is 13.5. The number of nitrogens with one attached hydrogen (secondary N) is 1. The van der Waals surface area contributed by atoms with E-state index in [1.54, 1.807) is 26.0 Å². The van der Waals surface area contributed by atoms with Gasteiger partial charge >= 0.3 is 5.97 Å². The molecule has 24 heavy (non-hydrogen) atoms. The highest BCUT2D eigenvalue weighted by Gasteiger charge is 2.21. The van der Waals surface area contributed by atoms with Crippen molar-refractivity contribution in [2.45, 2.75) is 31.8 Å². The van der Waals surface area contributed by atoms with Crippen molar-refractivity contribution < 1.29 is 22.3 Å². The maximum atomic E-state index is 13.2. The summed E-state index contributed by atoms with van der Waals surface area (Å²) < 4.78 is 45.7. The van der Waals surface area contributed by atoms with Crippen molar-refractivity contribution >= 4 is 21.7 Å². The second kappa shape index (κ2) is 7.00. The summed E-state index contributed by atoms with van der Waals surface area (Å²) in [5, 5.41) is 0. The molecule has 2 rings (SSSR count). The molecule has 7 heteroatoms. The molecule has 0 amide bonds. The first-order valence-electron chi connectivity index (χ1n) is 7.29. The lowest BCUT2D eigenvalue weighted by atomic mass is 10.2. The van der Waals surface area contributed by atoms with Crippen molar-refractivity contribution in [2.75, 3.05) is 4.72 Å². The van der Waals surface area contributed by atoms with Gasteiger partial charge in [0.2, 0.25) is 0 Å². The number of para-hydroxylation sites is 1. The predicted octanol–water partition coefficient (Wildman–Crippen LogP) is 3.50. The van der Waals surface area contributed by atoms with Crippen molar-refractivity contribution in [3.8, 4) is 0 Å². The van der Waals surface area contributed by atoms with Crippen LogP contribution in [-0.2, 0) is 14.8 Å². The Morgan fingerprint density at radius 3 is 2.46 bits per heavy atom. The number of rotatable bonds is 5. The summed E-state index contributed by atoms with van der Waals surface area (Å²) in [7, 11) is -3.97. The first-order valence-corrected chi connectivity index (χ1v) is 8.78. The van der Waals surface area contributed by atoms with E-state index in [0.717, 1.165) is 12.1 Å². The van der Waals surface area contributed by atoms with Crippen LogP contribution in [0.5, 0.6) is 0 Å². The lowest BCUT2D eigenvalue weighted by Crippen LogP contribution is -2.18. The first-order chi connectivity index (χ1) is 11.2. The van der Waals surface area contributed by atoms with Gasteiger partial charge in [-0.25, -0.2) is 17.6 Å². The Kier molecular flexibility index (Phi) is 5.23. The smallest absolute Gasteiger partial charge is 0.340 e. The molecule has 128 valence electrons. The summed E-state index contributed by atoms with van der Waals surface area (Å²) in [6.45, 7) is 4.90. The molecule has 0 saturated heterocycles. The fraction of sp³-hybridized carbons (Fsp3) is 0.235. The van der Waals surface area contributed by atoms with Crippen molar-refractivity contribution in [1.82, 2.24) is 0 Å². The van der Waals surface area contributed by atoms with Crippen LogP contribution in [0.2, 0.25) is 0 Å². The molecule has 0 aromatic heterocycles. The molecule has 0 fully saturated rings. The second-order valence-electron chi connectivity index (χ2n) is 5.51. The van der Waals surface area contributed by atoms with E-state index in [4.69, 9.17) is 4.74 Å². The molecule has 0 saturated carbocycles. The average molecular weight is 351 g/mol. The number of hydrogen-bond donors (Lipinski definition) is 1. The molecule has 0 unspecified atom stereocenters. The van der Waals surface area contributed by atoms with E-state index in [2.05, 4.69) is 4.72 Å². The molecule has 0 radical (unpaired) electrons. The normalized spacial score (nSPS) is 11.4. The van der Waals surface area contributed by atoms with Gasteiger partial charge in [-0.3, -0.25) is 4.72 Å². The Labute approximate surface area is 140 Å². The molecular formula is C17H18FNO4S. The Bertz CT molecular complexity index is 863. The van der Waals surface area contributed by atoms with Crippen LogP contribution in [-0.4, -0.2) is 20.5 Å². The number of aryl methyl sites for hydroxylation is 1. The largest absolute Gasteiger partial charge is 0.459 e. The van der Waals surface area contributed by atoms with E-state index >= 15 is 0 Å². The van der Waals surface area contributed by atoms with Gasteiger partial charge in [0.15, 0.2) is 0 Å². The molecule has 2 aromatic carbocycles. The number of carbonyl (C=O) groups is 1. The van der Waals surface area contributed by atoms with E-state index in [1.807, 2.05) is 0 Å². The van der Waals surface area contributed by atoms with Gasteiger partial charge in [0.1, 0.15) is 5.82 Å². The Hall–Kier alpha value is -2.41. The van der Waals surface area contributed by atoms with Crippen LogP contribution in [0.1, 0.15) is 29.8 Å². The van der Waals surface area contributed by atoms with Crippen molar-refractivity contribution in [2.24, 2.45) is 0 Å². The maximum absolute atomic E-state index is 13.2. The van der Waals surface area contributed by atoms with E-state index in [-0.39, 0.29) is 27.8 Å². The van der Waals surface area contributed by atoms with Gasteiger partial charge in [0.05, 0.1) is 22.3 Å². The molecule has 0 heterocycles. The van der Waals surface area contributed by atoms with Crippen LogP contribution in [0.3, 0.4) is 0 Å². The number of carbonyl (C=O) groups excluding carboxylic acids is 1. The van der Waals surface area contributed by atoms with Gasteiger partial charge in [-0.15, -0.1) is 0 Å². The number of benzene rings is 2. The third kappa shape index (κ3) is 4.11. The Morgan fingerprint density at radius 2 is 1.83 bits per heavy atom. The topological polar surface area (TPSA) is 72.5 Å². The Balaban J connectivity index is 2.38. The Morgan fingerprint density at radius 1 is 1.17 bits per heavy atom. The number of sulfonamides is 1. The summed E-state index contributed by atoms with van der Waals surface area (Å²) in [6, 6.07) is 9.53. The van der Waals surface area contributed by atoms with Crippen LogP contribution in [0, 0.1) is 12.7 Å². The van der Waals surface area contributed by atoms with Gasteiger partial charge in [-0.05, 0) is 56.7 Å². The van der Waals surface area contributed by atoms with E-state index < -0.39 is 21.8 Å². The molecule has 5 nitrogen and oxygen atoms in total. The number of esters is 1. The highest BCUT2D eigenvalue weighted by atomic mass is 32.2. The van der Waals surface area contributed by atoms with Crippen LogP contribution in [0.25, 0.3) is 0 Å². The SMILES string of the molecule is Cc1cc(F)ccc1S(=O)(=O)Nc1ccccc1C(=O)OC(C)C. The minimum atomic E-state index is -3.97. The van der Waals surface area contributed by atoms with Gasteiger partial charge < -0.3 is 4.74 Å². The van der Waals surface area contributed by atoms with Crippen LogP contribution >= 0.6 is 0 Å². The molecule has 0 aliphatic heterocycles. The van der Waals surface area contributed by atoms with Gasteiger partial charge in [0.25, 0.3) is 10.0 Å². The average Bonchev–Trinajstić information content (AvgIpc) is 2.46. The van der Waals surface area contributed by atoms with E-state index in [9.17, 15) is 17.6 Å². The molecule has 0 bridgehead atoms.